The van der Waals surface area contributed by atoms with E-state index in [9.17, 15) is 9.90 Å². The van der Waals surface area contributed by atoms with Crippen LogP contribution >= 0.6 is 11.6 Å². The molecule has 0 aliphatic heterocycles. The molecular weight excluding hydrogens is 252 g/mol. The largest absolute Gasteiger partial charge is 0.478 e. The van der Waals surface area contributed by atoms with Gasteiger partial charge in [-0.2, -0.15) is 0 Å². The Hall–Kier alpha value is -1.29. The number of hydrogen-bond acceptors (Lipinski definition) is 3. The van der Waals surface area contributed by atoms with Crippen LogP contribution in [-0.4, -0.2) is 28.6 Å². The van der Waals surface area contributed by atoms with E-state index in [1.165, 1.54) is 18.9 Å². The van der Waals surface area contributed by atoms with E-state index in [0.717, 1.165) is 19.4 Å². The van der Waals surface area contributed by atoms with E-state index in [2.05, 4.69) is 9.88 Å². The third-order valence-electron chi connectivity index (χ3n) is 3.48. The predicted octanol–water partition coefficient (Wildman–Crippen LogP) is 2.81. The summed E-state index contributed by atoms with van der Waals surface area (Å²) in [6.07, 6.45) is 4.73. The number of carboxylic acids is 1. The highest BCUT2D eigenvalue weighted by molar-refractivity contribution is 6.29. The summed E-state index contributed by atoms with van der Waals surface area (Å²) in [7, 11) is 0. The molecule has 0 amide bonds. The molecule has 5 heteroatoms. The maximum absolute atomic E-state index is 11.3. The first-order valence-corrected chi connectivity index (χ1v) is 6.69. The first-order valence-electron chi connectivity index (χ1n) is 6.31. The van der Waals surface area contributed by atoms with Gasteiger partial charge in [-0.3, -0.25) is 0 Å². The van der Waals surface area contributed by atoms with Crippen molar-refractivity contribution in [2.24, 2.45) is 5.92 Å². The summed E-state index contributed by atoms with van der Waals surface area (Å²) in [6, 6.07) is 3.54. The van der Waals surface area contributed by atoms with Crippen molar-refractivity contribution in [2.45, 2.75) is 31.7 Å². The van der Waals surface area contributed by atoms with Crippen LogP contribution in [0.4, 0.5) is 5.82 Å². The van der Waals surface area contributed by atoms with Crippen LogP contribution in [0, 0.1) is 5.92 Å². The standard InChI is InChI=1S/C13H15ClN2O2/c14-11-6-5-10(13(17)18)12(15-11)16(9-3-4-9)7-8-1-2-8/h5-6,8-9H,1-4,7H2,(H,17,18). The molecule has 1 N–H and O–H groups in total. The smallest absolute Gasteiger partial charge is 0.339 e. The van der Waals surface area contributed by atoms with Gasteiger partial charge >= 0.3 is 5.97 Å². The molecule has 2 aliphatic rings. The van der Waals surface area contributed by atoms with E-state index in [4.69, 9.17) is 11.6 Å². The van der Waals surface area contributed by atoms with Crippen LogP contribution in [0.5, 0.6) is 0 Å². The van der Waals surface area contributed by atoms with Crippen molar-refractivity contribution in [2.75, 3.05) is 11.4 Å². The van der Waals surface area contributed by atoms with Crippen molar-refractivity contribution >= 4 is 23.4 Å². The molecule has 0 saturated heterocycles. The highest BCUT2D eigenvalue weighted by Gasteiger charge is 2.36. The highest BCUT2D eigenvalue weighted by Crippen LogP contribution is 2.38. The minimum Gasteiger partial charge on any atom is -0.478 e. The number of hydrogen-bond donors (Lipinski definition) is 1. The van der Waals surface area contributed by atoms with Gasteiger partial charge in [-0.05, 0) is 43.7 Å². The van der Waals surface area contributed by atoms with Crippen molar-refractivity contribution in [1.82, 2.24) is 4.98 Å². The topological polar surface area (TPSA) is 53.4 Å². The predicted molar refractivity (Wildman–Crippen MR) is 69.3 cm³/mol. The van der Waals surface area contributed by atoms with Crippen molar-refractivity contribution in [3.8, 4) is 0 Å². The first kappa shape index (κ1) is 11.8. The van der Waals surface area contributed by atoms with Crippen molar-refractivity contribution in [1.29, 1.82) is 0 Å². The van der Waals surface area contributed by atoms with Crippen LogP contribution in [0.1, 0.15) is 36.0 Å². The average Bonchev–Trinajstić information content (AvgIpc) is 3.18. The lowest BCUT2D eigenvalue weighted by Crippen LogP contribution is -2.30. The fourth-order valence-electron chi connectivity index (χ4n) is 2.18. The van der Waals surface area contributed by atoms with E-state index in [-0.39, 0.29) is 5.56 Å². The number of aromatic carboxylic acids is 1. The highest BCUT2D eigenvalue weighted by atomic mass is 35.5. The first-order chi connectivity index (χ1) is 8.65. The number of rotatable bonds is 5. The molecule has 0 aromatic carbocycles. The summed E-state index contributed by atoms with van der Waals surface area (Å²) in [5.41, 5.74) is 0.256. The van der Waals surface area contributed by atoms with Gasteiger partial charge in [0.2, 0.25) is 0 Å². The fraction of sp³-hybridized carbons (Fsp3) is 0.538. The van der Waals surface area contributed by atoms with Crippen LogP contribution in [0.25, 0.3) is 0 Å². The number of pyridine rings is 1. The minimum absolute atomic E-state index is 0.256. The molecule has 0 radical (unpaired) electrons. The number of aromatic nitrogens is 1. The molecule has 0 bridgehead atoms. The molecule has 4 nitrogen and oxygen atoms in total. The third kappa shape index (κ3) is 2.43. The van der Waals surface area contributed by atoms with Gasteiger partial charge < -0.3 is 10.0 Å². The van der Waals surface area contributed by atoms with Crippen LogP contribution in [-0.2, 0) is 0 Å². The van der Waals surface area contributed by atoms with Gasteiger partial charge in [0.15, 0.2) is 0 Å². The molecule has 2 fully saturated rings. The zero-order chi connectivity index (χ0) is 12.7. The molecule has 2 aliphatic carbocycles. The van der Waals surface area contributed by atoms with Gasteiger partial charge in [-0.25, -0.2) is 9.78 Å². The Morgan fingerprint density at radius 3 is 2.67 bits per heavy atom. The molecule has 0 atom stereocenters. The molecule has 2 saturated carbocycles. The SMILES string of the molecule is O=C(O)c1ccc(Cl)nc1N(CC1CC1)C1CC1. The molecule has 1 aromatic heterocycles. The molecule has 96 valence electrons. The second kappa shape index (κ2) is 4.43. The average molecular weight is 267 g/mol. The Labute approximate surface area is 111 Å². The van der Waals surface area contributed by atoms with E-state index >= 15 is 0 Å². The van der Waals surface area contributed by atoms with E-state index in [0.29, 0.717) is 22.9 Å². The Morgan fingerprint density at radius 2 is 2.11 bits per heavy atom. The fourth-order valence-corrected chi connectivity index (χ4v) is 2.33. The van der Waals surface area contributed by atoms with Gasteiger partial charge in [-0.1, -0.05) is 11.6 Å². The van der Waals surface area contributed by atoms with E-state index in [1.807, 2.05) is 0 Å². The van der Waals surface area contributed by atoms with Crippen LogP contribution < -0.4 is 4.90 Å². The van der Waals surface area contributed by atoms with Crippen molar-refractivity contribution < 1.29 is 9.90 Å². The van der Waals surface area contributed by atoms with Crippen LogP contribution in [0.2, 0.25) is 5.15 Å². The maximum Gasteiger partial charge on any atom is 0.339 e. The summed E-state index contributed by atoms with van der Waals surface area (Å²) in [5, 5.41) is 9.61. The maximum atomic E-state index is 11.3. The number of halogens is 1. The Morgan fingerprint density at radius 1 is 1.39 bits per heavy atom. The van der Waals surface area contributed by atoms with Crippen molar-refractivity contribution in [3.05, 3.63) is 22.8 Å². The van der Waals surface area contributed by atoms with Gasteiger partial charge in [0.05, 0.1) is 0 Å². The van der Waals surface area contributed by atoms with Gasteiger partial charge in [0.1, 0.15) is 16.5 Å². The molecule has 1 aromatic rings. The summed E-state index contributed by atoms with van der Waals surface area (Å²) in [6.45, 7) is 0.915. The lowest BCUT2D eigenvalue weighted by Gasteiger charge is -2.25. The molecule has 1 heterocycles. The number of carbonyl (C=O) groups is 1. The number of carboxylic acid groups (broad SMARTS) is 1. The normalized spacial score (nSPS) is 18.7. The van der Waals surface area contributed by atoms with Gasteiger partial charge in [0, 0.05) is 12.6 Å². The quantitative estimate of drug-likeness (QED) is 0.833. The summed E-state index contributed by atoms with van der Waals surface area (Å²) < 4.78 is 0. The summed E-state index contributed by atoms with van der Waals surface area (Å²) >= 11 is 5.91. The zero-order valence-electron chi connectivity index (χ0n) is 9.97. The molecule has 0 unspecified atom stereocenters. The zero-order valence-corrected chi connectivity index (χ0v) is 10.7. The number of anilines is 1. The molecular formula is C13H15ClN2O2. The second-order valence-corrected chi connectivity index (χ2v) is 5.52. The second-order valence-electron chi connectivity index (χ2n) is 5.14. The van der Waals surface area contributed by atoms with Gasteiger partial charge in [0.25, 0.3) is 0 Å². The molecule has 18 heavy (non-hydrogen) atoms. The van der Waals surface area contributed by atoms with Crippen LogP contribution in [0.15, 0.2) is 12.1 Å². The summed E-state index contributed by atoms with van der Waals surface area (Å²) in [5.74, 6) is 0.313. The van der Waals surface area contributed by atoms with E-state index in [1.54, 1.807) is 6.07 Å². The van der Waals surface area contributed by atoms with Crippen LogP contribution in [0.3, 0.4) is 0 Å². The third-order valence-corrected chi connectivity index (χ3v) is 3.69. The van der Waals surface area contributed by atoms with E-state index < -0.39 is 5.97 Å². The van der Waals surface area contributed by atoms with Crippen molar-refractivity contribution in [3.63, 3.8) is 0 Å². The number of nitrogens with zero attached hydrogens (tertiary/aromatic N) is 2. The molecule has 3 rings (SSSR count). The molecule has 0 spiro atoms. The minimum atomic E-state index is -0.935. The Kier molecular flexibility index (Phi) is 2.90. The monoisotopic (exact) mass is 266 g/mol. The Balaban J connectivity index is 1.95. The lowest BCUT2D eigenvalue weighted by atomic mass is 10.2. The Bertz CT molecular complexity index is 484. The lowest BCUT2D eigenvalue weighted by molar-refractivity contribution is 0.0697. The van der Waals surface area contributed by atoms with Gasteiger partial charge in [-0.15, -0.1) is 0 Å². The summed E-state index contributed by atoms with van der Waals surface area (Å²) in [4.78, 5) is 17.7.